The predicted molar refractivity (Wildman–Crippen MR) is 107 cm³/mol. The van der Waals surface area contributed by atoms with Crippen molar-refractivity contribution in [1.29, 1.82) is 0 Å². The van der Waals surface area contributed by atoms with Crippen LogP contribution in [0.15, 0.2) is 59.6 Å². The number of aliphatic carboxylic acids is 2. The number of ether oxygens (including phenoxy) is 2. The lowest BCUT2D eigenvalue weighted by Crippen LogP contribution is -2.37. The van der Waals surface area contributed by atoms with E-state index >= 15 is 0 Å². The number of hydrogen-bond donors (Lipinski definition) is 4. The fourth-order valence-corrected chi connectivity index (χ4v) is 2.66. The highest BCUT2D eigenvalue weighted by atomic mass is 16.5. The Hall–Kier alpha value is -4.01. The molecule has 0 fully saturated rings. The molecule has 9 nitrogen and oxygen atoms in total. The summed E-state index contributed by atoms with van der Waals surface area (Å²) < 4.78 is 10.6. The monoisotopic (exact) mass is 399 g/mol. The van der Waals surface area contributed by atoms with Gasteiger partial charge in [-0.05, 0) is 23.8 Å². The number of nitrogens with zero attached hydrogens (tertiary/aromatic N) is 1. The number of carboxylic acids is 2. The van der Waals surface area contributed by atoms with Crippen LogP contribution in [-0.2, 0) is 9.59 Å². The zero-order valence-electron chi connectivity index (χ0n) is 15.8. The van der Waals surface area contributed by atoms with Gasteiger partial charge in [0, 0.05) is 17.7 Å². The fourth-order valence-electron chi connectivity index (χ4n) is 2.66. The predicted octanol–water partition coefficient (Wildman–Crippen LogP) is 2.05. The van der Waals surface area contributed by atoms with Gasteiger partial charge in [-0.2, -0.15) is 0 Å². The third-order valence-electron chi connectivity index (χ3n) is 3.89. The summed E-state index contributed by atoms with van der Waals surface area (Å²) in [6, 6.07) is 13.7. The normalized spacial score (nSPS) is 14.6. The molecule has 0 aliphatic carbocycles. The first-order valence-corrected chi connectivity index (χ1v) is 8.41. The Kier molecular flexibility index (Phi) is 7.19. The quantitative estimate of drug-likeness (QED) is 0.559. The first-order chi connectivity index (χ1) is 13.8. The summed E-state index contributed by atoms with van der Waals surface area (Å²) in [5.41, 5.74) is 8.89. The highest BCUT2D eigenvalue weighted by molar-refractivity contribution is 5.89. The standard InChI is InChI=1S/C16H17N3O2.C4H4O4/c1-20-13-8-7-10(9-14(13)21-2)15-11-5-3-4-6-12(11)18-16(17)19-15;5-3(6)1-2-4(7)8/h3-9,15H,1-2H3,(H3,17,18,19);1-2H,(H,5,6)(H,7,8). The first-order valence-electron chi connectivity index (χ1n) is 8.41. The Morgan fingerprint density at radius 2 is 1.66 bits per heavy atom. The average molecular weight is 399 g/mol. The molecule has 0 saturated carbocycles. The molecule has 0 aromatic heterocycles. The summed E-state index contributed by atoms with van der Waals surface area (Å²) in [5, 5.41) is 18.8. The van der Waals surface area contributed by atoms with Gasteiger partial charge in [0.2, 0.25) is 0 Å². The second-order valence-electron chi connectivity index (χ2n) is 5.76. The Balaban J connectivity index is 0.000000321. The number of carboxylic acid groups (broad SMARTS) is 2. The molecular formula is C20H21N3O6. The molecule has 0 amide bonds. The van der Waals surface area contributed by atoms with Crippen LogP contribution in [0, 0.1) is 0 Å². The molecule has 2 aromatic rings. The number of fused-ring (bicyclic) bond motifs is 1. The van der Waals surface area contributed by atoms with Crippen molar-refractivity contribution in [2.75, 3.05) is 14.2 Å². The molecule has 29 heavy (non-hydrogen) atoms. The Bertz CT molecular complexity index is 939. The van der Waals surface area contributed by atoms with E-state index in [-0.39, 0.29) is 6.04 Å². The van der Waals surface area contributed by atoms with E-state index in [9.17, 15) is 9.59 Å². The minimum absolute atomic E-state index is 0.0569. The van der Waals surface area contributed by atoms with Crippen molar-refractivity contribution in [3.05, 3.63) is 65.7 Å². The van der Waals surface area contributed by atoms with Crippen molar-refractivity contribution in [2.45, 2.75) is 6.04 Å². The van der Waals surface area contributed by atoms with E-state index in [4.69, 9.17) is 25.4 Å². The van der Waals surface area contributed by atoms with Crippen LogP contribution < -0.4 is 20.5 Å². The molecule has 9 heteroatoms. The van der Waals surface area contributed by atoms with Crippen LogP contribution >= 0.6 is 0 Å². The van der Waals surface area contributed by atoms with Crippen LogP contribution in [-0.4, -0.2) is 42.3 Å². The van der Waals surface area contributed by atoms with Gasteiger partial charge < -0.3 is 30.7 Å². The Morgan fingerprint density at radius 1 is 1.03 bits per heavy atom. The smallest absolute Gasteiger partial charge is 0.328 e. The van der Waals surface area contributed by atoms with Crippen molar-refractivity contribution < 1.29 is 29.3 Å². The SMILES string of the molecule is COc1ccc(C2NC(N)=Nc3ccccc32)cc1OC.O=C(O)C=CC(=O)O. The molecule has 1 atom stereocenters. The van der Waals surface area contributed by atoms with Gasteiger partial charge in [0.1, 0.15) is 0 Å². The summed E-state index contributed by atoms with van der Waals surface area (Å²) in [6.45, 7) is 0. The van der Waals surface area contributed by atoms with Gasteiger partial charge in [0.15, 0.2) is 17.5 Å². The number of nitrogens with one attached hydrogen (secondary N) is 1. The maximum absolute atomic E-state index is 9.55. The van der Waals surface area contributed by atoms with Gasteiger partial charge in [-0.25, -0.2) is 14.6 Å². The van der Waals surface area contributed by atoms with Crippen LogP contribution in [0.1, 0.15) is 17.2 Å². The van der Waals surface area contributed by atoms with Crippen LogP contribution in [0.25, 0.3) is 0 Å². The highest BCUT2D eigenvalue weighted by Crippen LogP contribution is 2.36. The van der Waals surface area contributed by atoms with Crippen LogP contribution in [0.5, 0.6) is 11.5 Å². The summed E-state index contributed by atoms with van der Waals surface area (Å²) in [6.07, 6.45) is 1.12. The molecule has 1 aliphatic rings. The van der Waals surface area contributed by atoms with E-state index in [1.54, 1.807) is 14.2 Å². The topological polar surface area (TPSA) is 143 Å². The number of hydrogen-bond acceptors (Lipinski definition) is 7. The number of methoxy groups -OCH3 is 2. The van der Waals surface area contributed by atoms with Gasteiger partial charge in [0.05, 0.1) is 25.9 Å². The second-order valence-corrected chi connectivity index (χ2v) is 5.76. The summed E-state index contributed by atoms with van der Waals surface area (Å²) in [4.78, 5) is 23.4. The molecule has 2 aromatic carbocycles. The van der Waals surface area contributed by atoms with Crippen LogP contribution in [0.2, 0.25) is 0 Å². The lowest BCUT2D eigenvalue weighted by atomic mass is 9.96. The van der Waals surface area contributed by atoms with E-state index in [1.807, 2.05) is 42.5 Å². The summed E-state index contributed by atoms with van der Waals surface area (Å²) >= 11 is 0. The molecule has 1 unspecified atom stereocenters. The van der Waals surface area contributed by atoms with Crippen molar-refractivity contribution in [3.8, 4) is 11.5 Å². The van der Waals surface area contributed by atoms with Crippen molar-refractivity contribution in [1.82, 2.24) is 5.32 Å². The zero-order chi connectivity index (χ0) is 21.4. The van der Waals surface area contributed by atoms with E-state index in [2.05, 4.69) is 10.3 Å². The van der Waals surface area contributed by atoms with Crippen molar-refractivity contribution in [3.63, 3.8) is 0 Å². The largest absolute Gasteiger partial charge is 0.493 e. The number of guanidine groups is 1. The molecule has 0 saturated heterocycles. The minimum atomic E-state index is -1.26. The maximum atomic E-state index is 9.55. The lowest BCUT2D eigenvalue weighted by Gasteiger charge is -2.26. The molecule has 3 rings (SSSR count). The number of nitrogens with two attached hydrogens (primary N) is 1. The second kappa shape index (κ2) is 9.79. The molecule has 5 N–H and O–H groups in total. The minimum Gasteiger partial charge on any atom is -0.493 e. The summed E-state index contributed by atoms with van der Waals surface area (Å²) in [5.74, 6) is -0.712. The fraction of sp³-hybridized carbons (Fsp3) is 0.150. The van der Waals surface area contributed by atoms with E-state index in [0.717, 1.165) is 16.8 Å². The van der Waals surface area contributed by atoms with Gasteiger partial charge in [0.25, 0.3) is 0 Å². The zero-order valence-corrected chi connectivity index (χ0v) is 15.8. The molecule has 0 spiro atoms. The number of para-hydroxylation sites is 1. The average Bonchev–Trinajstić information content (AvgIpc) is 2.71. The van der Waals surface area contributed by atoms with Crippen LogP contribution in [0.4, 0.5) is 5.69 Å². The molecule has 1 aliphatic heterocycles. The van der Waals surface area contributed by atoms with Crippen molar-refractivity contribution >= 4 is 23.6 Å². The molecule has 1 heterocycles. The molecule has 152 valence electrons. The molecular weight excluding hydrogens is 378 g/mol. The Morgan fingerprint density at radius 3 is 2.24 bits per heavy atom. The third kappa shape index (κ3) is 5.73. The third-order valence-corrected chi connectivity index (χ3v) is 3.89. The van der Waals surface area contributed by atoms with E-state index in [1.165, 1.54) is 0 Å². The molecule has 0 bridgehead atoms. The lowest BCUT2D eigenvalue weighted by molar-refractivity contribution is -0.134. The van der Waals surface area contributed by atoms with Gasteiger partial charge in [-0.15, -0.1) is 0 Å². The van der Waals surface area contributed by atoms with Gasteiger partial charge in [-0.1, -0.05) is 24.3 Å². The van der Waals surface area contributed by atoms with Crippen LogP contribution in [0.3, 0.4) is 0 Å². The molecule has 0 radical (unpaired) electrons. The first kappa shape index (κ1) is 21.3. The van der Waals surface area contributed by atoms with Crippen molar-refractivity contribution in [2.24, 2.45) is 10.7 Å². The van der Waals surface area contributed by atoms with Gasteiger partial charge >= 0.3 is 11.9 Å². The Labute approximate surface area is 167 Å². The van der Waals surface area contributed by atoms with Gasteiger partial charge in [-0.3, -0.25) is 0 Å². The summed E-state index contributed by atoms with van der Waals surface area (Å²) in [7, 11) is 3.25. The van der Waals surface area contributed by atoms with E-state index in [0.29, 0.717) is 29.6 Å². The number of aliphatic imine (C=N–C) groups is 1. The maximum Gasteiger partial charge on any atom is 0.328 e. The van der Waals surface area contributed by atoms with E-state index < -0.39 is 11.9 Å². The number of rotatable bonds is 5. The number of carbonyl (C=O) groups is 2. The number of benzene rings is 2. The highest BCUT2D eigenvalue weighted by Gasteiger charge is 2.23.